The molecule has 0 N–H and O–H groups in total. The smallest absolute Gasteiger partial charge is 0.375 e. The molecule has 0 aromatic carbocycles. The summed E-state index contributed by atoms with van der Waals surface area (Å²) in [6.45, 7) is 0.417. The molecule has 0 aromatic rings. The standard InChI is InChI=1S/C12H13F11O2/c1-2-3-4-5-6-24-7-8(13,14)9(15,16)11(20,21)25-12(22,23)10(17,18)19/h2H,1,3-7H2. The summed E-state index contributed by atoms with van der Waals surface area (Å²) in [5.41, 5.74) is 0. The molecule has 150 valence electrons. The zero-order valence-corrected chi connectivity index (χ0v) is 12.3. The predicted octanol–water partition coefficient (Wildman–Crippen LogP) is 5.39. The van der Waals surface area contributed by atoms with Crippen LogP contribution in [0, 0.1) is 0 Å². The Bertz CT molecular complexity index is 431. The SMILES string of the molecule is C=CCCCCOCC(F)(F)C(F)(F)C(F)(F)OC(F)(F)C(F)(F)F. The quantitative estimate of drug-likeness (QED) is 0.264. The second kappa shape index (κ2) is 8.06. The van der Waals surface area contributed by atoms with Crippen LogP contribution in [0.15, 0.2) is 12.7 Å². The highest BCUT2D eigenvalue weighted by Crippen LogP contribution is 2.50. The summed E-state index contributed by atoms with van der Waals surface area (Å²) in [6, 6.07) is 0. The van der Waals surface area contributed by atoms with Crippen molar-refractivity contribution < 1.29 is 57.8 Å². The molecule has 0 aliphatic carbocycles. The van der Waals surface area contributed by atoms with Crippen molar-refractivity contribution >= 4 is 0 Å². The van der Waals surface area contributed by atoms with E-state index in [0.717, 1.165) is 0 Å². The lowest BCUT2D eigenvalue weighted by atomic mass is 10.1. The van der Waals surface area contributed by atoms with Gasteiger partial charge in [0.2, 0.25) is 0 Å². The molecule has 0 aromatic heterocycles. The van der Waals surface area contributed by atoms with Gasteiger partial charge in [0, 0.05) is 6.61 Å². The van der Waals surface area contributed by atoms with E-state index in [9.17, 15) is 48.3 Å². The zero-order valence-electron chi connectivity index (χ0n) is 12.3. The highest BCUT2D eigenvalue weighted by molar-refractivity contribution is 4.93. The molecule has 0 bridgehead atoms. The Labute approximate surface area is 134 Å². The van der Waals surface area contributed by atoms with Crippen LogP contribution in [-0.4, -0.2) is 43.5 Å². The first-order valence-electron chi connectivity index (χ1n) is 6.48. The van der Waals surface area contributed by atoms with Gasteiger partial charge in [-0.05, 0) is 19.3 Å². The molecule has 0 saturated heterocycles. The van der Waals surface area contributed by atoms with Gasteiger partial charge in [-0.3, -0.25) is 0 Å². The molecule has 0 rings (SSSR count). The molecule has 0 fully saturated rings. The summed E-state index contributed by atoms with van der Waals surface area (Å²) in [6.07, 6.45) is -18.1. The fourth-order valence-electron chi connectivity index (χ4n) is 1.28. The van der Waals surface area contributed by atoms with Crippen molar-refractivity contribution in [3.8, 4) is 0 Å². The number of allylic oxidation sites excluding steroid dienone is 1. The van der Waals surface area contributed by atoms with Crippen molar-refractivity contribution in [3.63, 3.8) is 0 Å². The molecule has 0 saturated carbocycles. The predicted molar refractivity (Wildman–Crippen MR) is 61.8 cm³/mol. The second-order valence-electron chi connectivity index (χ2n) is 4.75. The molecular weight excluding hydrogens is 385 g/mol. The topological polar surface area (TPSA) is 18.5 Å². The molecule has 0 unspecified atom stereocenters. The Balaban J connectivity index is 5.00. The molecule has 13 heteroatoms. The number of halogens is 11. The van der Waals surface area contributed by atoms with Crippen molar-refractivity contribution in [3.05, 3.63) is 12.7 Å². The molecule has 25 heavy (non-hydrogen) atoms. The number of hydrogen-bond donors (Lipinski definition) is 0. The van der Waals surface area contributed by atoms with Crippen LogP contribution in [0.2, 0.25) is 0 Å². The maximum absolute atomic E-state index is 13.2. The second-order valence-corrected chi connectivity index (χ2v) is 4.75. The molecule has 0 radical (unpaired) electrons. The Kier molecular flexibility index (Phi) is 7.70. The third kappa shape index (κ3) is 5.97. The lowest BCUT2D eigenvalue weighted by Crippen LogP contribution is -2.60. The van der Waals surface area contributed by atoms with E-state index < -0.39 is 43.5 Å². The lowest BCUT2D eigenvalue weighted by Gasteiger charge is -2.34. The van der Waals surface area contributed by atoms with Gasteiger partial charge in [0.25, 0.3) is 0 Å². The molecule has 0 amide bonds. The normalized spacial score (nSPS) is 14.7. The zero-order chi connectivity index (χ0) is 20.2. The number of unbranched alkanes of at least 4 members (excludes halogenated alkanes) is 2. The third-order valence-corrected chi connectivity index (χ3v) is 2.64. The van der Waals surface area contributed by atoms with Crippen LogP contribution in [-0.2, 0) is 9.47 Å². The minimum atomic E-state index is -6.83. The molecule has 0 aliphatic heterocycles. The summed E-state index contributed by atoms with van der Waals surface area (Å²) in [5, 5.41) is 0. The van der Waals surface area contributed by atoms with Gasteiger partial charge in [0.15, 0.2) is 0 Å². The molecule has 0 heterocycles. The molecular formula is C12H13F11O2. The van der Waals surface area contributed by atoms with Crippen LogP contribution in [0.5, 0.6) is 0 Å². The number of ether oxygens (including phenoxy) is 2. The molecule has 0 aliphatic rings. The molecule has 0 spiro atoms. The van der Waals surface area contributed by atoms with E-state index in [2.05, 4.69) is 11.3 Å². The van der Waals surface area contributed by atoms with E-state index in [1.54, 1.807) is 4.74 Å². The van der Waals surface area contributed by atoms with Gasteiger partial charge in [-0.1, -0.05) is 6.08 Å². The molecule has 2 nitrogen and oxygen atoms in total. The summed E-state index contributed by atoms with van der Waals surface area (Å²) in [4.78, 5) is 0. The average Bonchev–Trinajstić information content (AvgIpc) is 2.39. The van der Waals surface area contributed by atoms with Crippen LogP contribution in [0.1, 0.15) is 19.3 Å². The van der Waals surface area contributed by atoms with Crippen molar-refractivity contribution in [2.75, 3.05) is 13.2 Å². The van der Waals surface area contributed by atoms with Gasteiger partial charge in [0.1, 0.15) is 6.61 Å². The lowest BCUT2D eigenvalue weighted by molar-refractivity contribution is -0.501. The minimum absolute atomic E-state index is 0.0622. The van der Waals surface area contributed by atoms with Crippen LogP contribution in [0.25, 0.3) is 0 Å². The summed E-state index contributed by atoms with van der Waals surface area (Å²) < 4.78 is 144. The summed E-state index contributed by atoms with van der Waals surface area (Å²) in [5.74, 6) is -12.5. The maximum atomic E-state index is 13.2. The fourth-order valence-corrected chi connectivity index (χ4v) is 1.28. The van der Waals surface area contributed by atoms with Gasteiger partial charge < -0.3 is 4.74 Å². The van der Waals surface area contributed by atoms with Crippen molar-refractivity contribution in [1.29, 1.82) is 0 Å². The fraction of sp³-hybridized carbons (Fsp3) is 0.833. The van der Waals surface area contributed by atoms with Gasteiger partial charge in [0.05, 0.1) is 0 Å². The first-order valence-corrected chi connectivity index (χ1v) is 6.48. The number of alkyl halides is 11. The summed E-state index contributed by atoms with van der Waals surface area (Å²) in [7, 11) is 0. The first kappa shape index (κ1) is 23.9. The monoisotopic (exact) mass is 398 g/mol. The van der Waals surface area contributed by atoms with Gasteiger partial charge >= 0.3 is 30.2 Å². The Morgan fingerprint density at radius 2 is 1.28 bits per heavy atom. The first-order chi connectivity index (χ1) is 11.0. The average molecular weight is 398 g/mol. The van der Waals surface area contributed by atoms with Gasteiger partial charge in [-0.15, -0.1) is 6.58 Å². The number of rotatable bonds is 11. The van der Waals surface area contributed by atoms with Crippen LogP contribution >= 0.6 is 0 Å². The van der Waals surface area contributed by atoms with Crippen LogP contribution in [0.4, 0.5) is 48.3 Å². The highest BCUT2D eigenvalue weighted by Gasteiger charge is 2.77. The van der Waals surface area contributed by atoms with Gasteiger partial charge in [-0.25, -0.2) is 4.74 Å². The van der Waals surface area contributed by atoms with E-state index in [-0.39, 0.29) is 6.42 Å². The Hall–Kier alpha value is -1.11. The largest absolute Gasteiger partial charge is 0.483 e. The van der Waals surface area contributed by atoms with E-state index in [0.29, 0.717) is 12.8 Å². The van der Waals surface area contributed by atoms with Crippen LogP contribution < -0.4 is 0 Å². The van der Waals surface area contributed by atoms with Crippen molar-refractivity contribution in [2.45, 2.75) is 49.5 Å². The van der Waals surface area contributed by atoms with E-state index in [1.807, 2.05) is 0 Å². The van der Waals surface area contributed by atoms with Crippen molar-refractivity contribution in [2.24, 2.45) is 0 Å². The van der Waals surface area contributed by atoms with Crippen molar-refractivity contribution in [1.82, 2.24) is 0 Å². The van der Waals surface area contributed by atoms with Crippen LogP contribution in [0.3, 0.4) is 0 Å². The Morgan fingerprint density at radius 1 is 0.760 bits per heavy atom. The number of hydrogen-bond acceptors (Lipinski definition) is 2. The van der Waals surface area contributed by atoms with E-state index in [4.69, 9.17) is 0 Å². The Morgan fingerprint density at radius 3 is 1.72 bits per heavy atom. The highest BCUT2D eigenvalue weighted by atomic mass is 19.4. The maximum Gasteiger partial charge on any atom is 0.483 e. The minimum Gasteiger partial charge on any atom is -0.375 e. The summed E-state index contributed by atoms with van der Waals surface area (Å²) >= 11 is 0. The molecule has 0 atom stereocenters. The van der Waals surface area contributed by atoms with E-state index in [1.165, 1.54) is 6.08 Å². The van der Waals surface area contributed by atoms with E-state index >= 15 is 0 Å². The van der Waals surface area contributed by atoms with Gasteiger partial charge in [-0.2, -0.15) is 48.3 Å². The third-order valence-electron chi connectivity index (χ3n) is 2.64.